The van der Waals surface area contributed by atoms with Crippen LogP contribution in [0.5, 0.6) is 0 Å². The highest BCUT2D eigenvalue weighted by atomic mass is 15.2. The maximum atomic E-state index is 4.88. The zero-order valence-corrected chi connectivity index (χ0v) is 77.2. The van der Waals surface area contributed by atoms with Gasteiger partial charge in [0.25, 0.3) is 0 Å². The van der Waals surface area contributed by atoms with Crippen LogP contribution in [0.2, 0.25) is 0 Å². The molecule has 0 fully saturated rings. The second-order valence-corrected chi connectivity index (χ2v) is 41.5. The molecule has 0 amide bonds. The molecule has 12 heterocycles. The Morgan fingerprint density at radius 1 is 0.157 bits per heavy atom. The molecule has 4 aromatic heterocycles. The lowest BCUT2D eigenvalue weighted by Crippen LogP contribution is -2.26. The highest BCUT2D eigenvalue weighted by Gasteiger charge is 2.45. The second-order valence-electron chi connectivity index (χ2n) is 41.5. The molecule has 8 aliphatic carbocycles. The summed E-state index contributed by atoms with van der Waals surface area (Å²) in [7, 11) is 0. The molecule has 0 radical (unpaired) electrons. The fourth-order valence-corrected chi connectivity index (χ4v) is 28.5. The number of aromatic nitrogens is 4. The molecule has 0 saturated carbocycles. The Labute approximate surface area is 812 Å². The van der Waals surface area contributed by atoms with Crippen LogP contribution in [0.25, 0.3) is 89.0 Å². The summed E-state index contributed by atoms with van der Waals surface area (Å²) in [5, 5.41) is 0. The molecule has 140 heavy (non-hydrogen) atoms. The number of benzene rings is 16. The molecule has 0 spiro atoms. The first-order valence-corrected chi connectivity index (χ1v) is 50.3. The van der Waals surface area contributed by atoms with Crippen molar-refractivity contribution in [3.05, 3.63) is 519 Å². The van der Waals surface area contributed by atoms with Crippen molar-refractivity contribution >= 4 is 68.4 Å². The molecule has 8 heteroatoms. The van der Waals surface area contributed by atoms with Crippen molar-refractivity contribution < 1.29 is 0 Å². The SMILES string of the molecule is c1ccc2c(c1)Cc1cc3c(cc1-2)Cc1cc2c4c(c1-3)Cc1cccnc1N4c1ccccc1C2.c1ccc2c(c1)Cc1cc3c(cc1-2)Cc1cc2c4c(c1-3)Cc1ccncc1N4c1ccccc1C2.c1ccc2c(c1)Cc1cc3c(cc1-2)Cc1cc2c4c(c1-3)Cc1cnccc1N4c1ccccc1C2.c1ccc2c(c1)Cc1cc3c(cc1-2)Cc1cc2c4c(c1-3)Cc1ncccc1N4c1ccccc1C2. The molecule has 8 nitrogen and oxygen atoms in total. The van der Waals surface area contributed by atoms with Crippen LogP contribution in [0.1, 0.15) is 178 Å². The van der Waals surface area contributed by atoms with Crippen molar-refractivity contribution in [2.75, 3.05) is 19.6 Å². The molecule has 8 aliphatic heterocycles. The quantitative estimate of drug-likeness (QED) is 0.149. The molecule has 656 valence electrons. The van der Waals surface area contributed by atoms with E-state index in [9.17, 15) is 0 Å². The molecular weight excluding hydrogens is 1700 g/mol. The van der Waals surface area contributed by atoms with Gasteiger partial charge in [-0.05, 0) is 416 Å². The van der Waals surface area contributed by atoms with E-state index in [1.54, 1.807) is 0 Å². The number of rotatable bonds is 0. The first-order chi connectivity index (χ1) is 69.3. The summed E-state index contributed by atoms with van der Waals surface area (Å²) < 4.78 is 0. The van der Waals surface area contributed by atoms with E-state index in [0.717, 1.165) is 109 Å². The Morgan fingerprint density at radius 2 is 0.436 bits per heavy atom. The first kappa shape index (κ1) is 76.5. The normalized spacial score (nSPS) is 14.9. The summed E-state index contributed by atoms with van der Waals surface area (Å²) >= 11 is 0. The number of hydrogen-bond acceptors (Lipinski definition) is 8. The third-order valence-electron chi connectivity index (χ3n) is 34.1. The van der Waals surface area contributed by atoms with Crippen molar-refractivity contribution in [1.82, 2.24) is 19.9 Å². The van der Waals surface area contributed by atoms with E-state index in [1.165, 1.54) is 330 Å². The van der Waals surface area contributed by atoms with E-state index in [2.05, 4.69) is 345 Å². The number of hydrogen-bond donors (Lipinski definition) is 0. The maximum Gasteiger partial charge on any atom is 0.141 e. The van der Waals surface area contributed by atoms with E-state index < -0.39 is 0 Å². The van der Waals surface area contributed by atoms with Gasteiger partial charge in [0.1, 0.15) is 5.82 Å². The Bertz CT molecular complexity index is 8040. The Hall–Kier alpha value is -16.7. The Kier molecular flexibility index (Phi) is 15.6. The van der Waals surface area contributed by atoms with Gasteiger partial charge in [-0.3, -0.25) is 19.9 Å². The minimum Gasteiger partial charge on any atom is -0.309 e. The second kappa shape index (κ2) is 28.5. The van der Waals surface area contributed by atoms with E-state index in [-0.39, 0.29) is 0 Å². The van der Waals surface area contributed by atoms with Gasteiger partial charge in [0.05, 0.1) is 57.4 Å². The lowest BCUT2D eigenvalue weighted by molar-refractivity contribution is 0.969. The van der Waals surface area contributed by atoms with Gasteiger partial charge in [-0.25, -0.2) is 4.98 Å². The number of nitrogens with zero attached hydrogens (tertiary/aromatic N) is 8. The lowest BCUT2D eigenvalue weighted by atomic mass is 9.82. The molecule has 0 saturated heterocycles. The van der Waals surface area contributed by atoms with E-state index in [0.29, 0.717) is 0 Å². The van der Waals surface area contributed by atoms with Crippen LogP contribution in [-0.2, 0) is 103 Å². The van der Waals surface area contributed by atoms with Crippen molar-refractivity contribution in [3.63, 3.8) is 0 Å². The molecule has 0 N–H and O–H groups in total. The monoisotopic (exact) mass is 1780 g/mol. The topological polar surface area (TPSA) is 64.5 Å². The van der Waals surface area contributed by atoms with Crippen molar-refractivity contribution in [3.8, 4) is 89.0 Å². The average molecular weight is 1790 g/mol. The van der Waals surface area contributed by atoms with Crippen LogP contribution in [0.15, 0.2) is 340 Å². The highest BCUT2D eigenvalue weighted by molar-refractivity contribution is 6.03. The zero-order chi connectivity index (χ0) is 90.7. The fraction of sp³-hybridized carbons (Fsp3) is 0.121. The summed E-state index contributed by atoms with van der Waals surface area (Å²) in [6, 6.07) is 114. The summed E-state index contributed by atoms with van der Waals surface area (Å²) in [6.45, 7) is 0. The van der Waals surface area contributed by atoms with Gasteiger partial charge in [-0.1, -0.05) is 200 Å². The predicted molar refractivity (Wildman–Crippen MR) is 564 cm³/mol. The van der Waals surface area contributed by atoms with Crippen LogP contribution in [-0.4, -0.2) is 19.9 Å². The summed E-state index contributed by atoms with van der Waals surface area (Å²) in [5.41, 5.74) is 83.9. The molecule has 0 bridgehead atoms. The molecule has 16 aliphatic rings. The molecule has 20 aromatic rings. The zero-order valence-electron chi connectivity index (χ0n) is 77.2. The molecule has 36 rings (SSSR count). The molecule has 16 aromatic carbocycles. The van der Waals surface area contributed by atoms with Crippen LogP contribution in [0.4, 0.5) is 68.4 Å². The Morgan fingerprint density at radius 3 is 0.871 bits per heavy atom. The van der Waals surface area contributed by atoms with Gasteiger partial charge >= 0.3 is 0 Å². The Balaban J connectivity index is 0.0000000829. The van der Waals surface area contributed by atoms with Crippen molar-refractivity contribution in [2.45, 2.75) is 103 Å². The molecular formula is C132H88N8. The van der Waals surface area contributed by atoms with E-state index in [1.807, 2.05) is 24.8 Å². The number of anilines is 12. The van der Waals surface area contributed by atoms with Gasteiger partial charge in [0.15, 0.2) is 0 Å². The van der Waals surface area contributed by atoms with Gasteiger partial charge in [0, 0.05) is 99.4 Å². The van der Waals surface area contributed by atoms with E-state index >= 15 is 0 Å². The summed E-state index contributed by atoms with van der Waals surface area (Å²) in [5.74, 6) is 1.09. The van der Waals surface area contributed by atoms with Crippen LogP contribution >= 0.6 is 0 Å². The van der Waals surface area contributed by atoms with Crippen molar-refractivity contribution in [1.29, 1.82) is 0 Å². The minimum atomic E-state index is 0.900. The summed E-state index contributed by atoms with van der Waals surface area (Å²) in [4.78, 5) is 28.7. The molecule has 0 unspecified atom stereocenters. The van der Waals surface area contributed by atoms with Gasteiger partial charge in [-0.15, -0.1) is 0 Å². The lowest BCUT2D eigenvalue weighted by Gasteiger charge is -2.40. The number of fused-ring (bicyclic) bond motifs is 44. The fourth-order valence-electron chi connectivity index (χ4n) is 28.5. The van der Waals surface area contributed by atoms with Gasteiger partial charge in [-0.2, -0.15) is 0 Å². The first-order valence-electron chi connectivity index (χ1n) is 50.3. The predicted octanol–water partition coefficient (Wildman–Crippen LogP) is 30.0. The standard InChI is InChI=1S/4C33H22N2/c1-3-9-26-19(6-1)12-22-18-28-23(17-27(22)26)14-24-15-25-13-20-7-2-4-10-30(20)35-32(25)29(31(24)28)16-21-8-5-11-34-33(21)35;1-3-8-25-19(6-1)12-21-17-27-22(16-26(21)25)14-23-15-24-13-20-7-2-4-9-30(20)35-31-10-5-11-34-29(31)18-28(32(23)27)33(24)35;1-3-7-26-19(5-1)11-21-16-28-22(15-27(21)26)13-23-14-24-12-20-6-2-4-8-30(20)35-31-9-10-34-18-25(31)17-29(32(23)28)33(24)35;1-3-7-26-19(5-1)11-22-17-28-23(16-27(22)26)13-24-14-25-12-20-6-2-4-8-30(20)35-31-18-34-10-9-21(31)15-29(32(24)28)33(25)35/h1-11,15,17-18H,12-14,16H2;1-11,15-17H,12-14,18H2;1-10,14-16,18H,11-13,17H2;1-10,14,16-18H,11-13,15H2. The molecule has 0 atom stereocenters. The third-order valence-corrected chi connectivity index (χ3v) is 34.1. The van der Waals surface area contributed by atoms with Crippen LogP contribution in [0.3, 0.4) is 0 Å². The summed E-state index contributed by atoms with van der Waals surface area (Å²) in [6.07, 6.45) is 27.9. The smallest absolute Gasteiger partial charge is 0.141 e. The number of para-hydroxylation sites is 4. The largest absolute Gasteiger partial charge is 0.309 e. The van der Waals surface area contributed by atoms with Gasteiger partial charge in [0.2, 0.25) is 0 Å². The minimum absolute atomic E-state index is 0.900. The van der Waals surface area contributed by atoms with Gasteiger partial charge < -0.3 is 14.7 Å². The third kappa shape index (κ3) is 10.8. The van der Waals surface area contributed by atoms with E-state index in [4.69, 9.17) is 9.97 Å². The van der Waals surface area contributed by atoms with Crippen LogP contribution in [0, 0.1) is 0 Å². The maximum absolute atomic E-state index is 4.88. The highest BCUT2D eigenvalue weighted by Crippen LogP contribution is 2.63. The van der Waals surface area contributed by atoms with Crippen molar-refractivity contribution in [2.24, 2.45) is 0 Å². The average Bonchev–Trinajstić information content (AvgIpc) is 1.48. The van der Waals surface area contributed by atoms with Crippen LogP contribution < -0.4 is 19.6 Å². The number of pyridine rings is 4.